The lowest BCUT2D eigenvalue weighted by atomic mass is 10.0. The van der Waals surface area contributed by atoms with Crippen LogP contribution in [0.4, 0.5) is 5.69 Å². The van der Waals surface area contributed by atoms with E-state index in [1.165, 1.54) is 5.69 Å². The van der Waals surface area contributed by atoms with Crippen molar-refractivity contribution < 1.29 is 9.21 Å². The molecule has 1 aromatic heterocycles. The number of carbonyl (C=O) groups excluding carboxylic acids is 1. The highest BCUT2D eigenvalue weighted by Crippen LogP contribution is 2.33. The molecule has 0 saturated carbocycles. The van der Waals surface area contributed by atoms with Crippen molar-refractivity contribution in [2.45, 2.75) is 20.3 Å². The number of carbonyl (C=O) groups is 1. The zero-order valence-corrected chi connectivity index (χ0v) is 16.4. The van der Waals surface area contributed by atoms with Crippen LogP contribution in [0.5, 0.6) is 0 Å². The standard InChI is InChI=1S/C22H23ClN2O2/c1-15-12-19-21(16(2)22(15)23)17(14-27-19)13-20(26)25-10-8-24(9-11-25)18-6-4-3-5-7-18/h3-7,12,14H,8-11,13H2,1-2H3. The SMILES string of the molecule is Cc1cc2occ(CC(=O)N3CCN(c4ccccc4)CC3)c2c(C)c1Cl. The number of hydrogen-bond donors (Lipinski definition) is 0. The summed E-state index contributed by atoms with van der Waals surface area (Å²) in [6.07, 6.45) is 2.05. The Labute approximate surface area is 164 Å². The number of rotatable bonds is 3. The van der Waals surface area contributed by atoms with Gasteiger partial charge in [0.05, 0.1) is 12.7 Å². The second kappa shape index (κ2) is 7.28. The number of nitrogens with zero attached hydrogens (tertiary/aromatic N) is 2. The van der Waals surface area contributed by atoms with Gasteiger partial charge in [0.2, 0.25) is 5.91 Å². The van der Waals surface area contributed by atoms with Gasteiger partial charge in [-0.1, -0.05) is 29.8 Å². The van der Waals surface area contributed by atoms with Crippen molar-refractivity contribution in [3.8, 4) is 0 Å². The predicted molar refractivity (Wildman–Crippen MR) is 110 cm³/mol. The maximum Gasteiger partial charge on any atom is 0.227 e. The van der Waals surface area contributed by atoms with Crippen molar-refractivity contribution in [3.63, 3.8) is 0 Å². The zero-order chi connectivity index (χ0) is 19.0. The molecule has 27 heavy (non-hydrogen) atoms. The van der Waals surface area contributed by atoms with E-state index in [9.17, 15) is 4.79 Å². The summed E-state index contributed by atoms with van der Waals surface area (Å²) in [5.41, 5.74) is 4.90. The Morgan fingerprint density at radius 3 is 2.52 bits per heavy atom. The molecule has 140 valence electrons. The Kier molecular flexibility index (Phi) is 4.83. The molecule has 1 aliphatic heterocycles. The summed E-state index contributed by atoms with van der Waals surface area (Å²) >= 11 is 6.40. The first kappa shape index (κ1) is 17.9. The molecule has 1 aliphatic rings. The number of piperazine rings is 1. The van der Waals surface area contributed by atoms with Crippen LogP contribution in [0.15, 0.2) is 47.1 Å². The van der Waals surface area contributed by atoms with Crippen LogP contribution in [0, 0.1) is 13.8 Å². The topological polar surface area (TPSA) is 36.7 Å². The average Bonchev–Trinajstić information content (AvgIpc) is 3.09. The smallest absolute Gasteiger partial charge is 0.227 e. The summed E-state index contributed by atoms with van der Waals surface area (Å²) in [6.45, 7) is 7.14. The summed E-state index contributed by atoms with van der Waals surface area (Å²) in [7, 11) is 0. The fraction of sp³-hybridized carbons (Fsp3) is 0.318. The number of halogens is 1. The van der Waals surface area contributed by atoms with Gasteiger partial charge in [0.15, 0.2) is 0 Å². The molecule has 0 spiro atoms. The van der Waals surface area contributed by atoms with Gasteiger partial charge >= 0.3 is 0 Å². The molecule has 2 aromatic carbocycles. The molecule has 1 amide bonds. The first-order valence-electron chi connectivity index (χ1n) is 9.28. The van der Waals surface area contributed by atoms with E-state index in [1.54, 1.807) is 6.26 Å². The summed E-state index contributed by atoms with van der Waals surface area (Å²) in [5.74, 6) is 0.140. The summed E-state index contributed by atoms with van der Waals surface area (Å²) in [4.78, 5) is 17.1. The third-order valence-corrected chi connectivity index (χ3v) is 5.97. The van der Waals surface area contributed by atoms with Crippen molar-refractivity contribution in [3.05, 3.63) is 64.4 Å². The van der Waals surface area contributed by atoms with Crippen LogP contribution in [0.2, 0.25) is 5.02 Å². The van der Waals surface area contributed by atoms with Crippen molar-refractivity contribution in [1.29, 1.82) is 0 Å². The van der Waals surface area contributed by atoms with E-state index >= 15 is 0 Å². The van der Waals surface area contributed by atoms with Crippen LogP contribution in [-0.4, -0.2) is 37.0 Å². The molecule has 0 aliphatic carbocycles. The van der Waals surface area contributed by atoms with Crippen LogP contribution in [0.1, 0.15) is 16.7 Å². The molecule has 0 unspecified atom stereocenters. The fourth-order valence-corrected chi connectivity index (χ4v) is 4.01. The number of hydrogen-bond acceptors (Lipinski definition) is 3. The summed E-state index contributed by atoms with van der Waals surface area (Å²) in [6, 6.07) is 12.3. The lowest BCUT2D eigenvalue weighted by Gasteiger charge is -2.36. The number of aryl methyl sites for hydroxylation is 2. The normalized spacial score (nSPS) is 14.8. The molecule has 2 heterocycles. The Morgan fingerprint density at radius 1 is 1.11 bits per heavy atom. The minimum atomic E-state index is 0.140. The lowest BCUT2D eigenvalue weighted by molar-refractivity contribution is -0.130. The number of benzene rings is 2. The van der Waals surface area contributed by atoms with E-state index in [0.29, 0.717) is 6.42 Å². The first-order chi connectivity index (χ1) is 13.0. The van der Waals surface area contributed by atoms with Crippen LogP contribution in [0.25, 0.3) is 11.0 Å². The Balaban J connectivity index is 1.46. The van der Waals surface area contributed by atoms with E-state index in [1.807, 2.05) is 43.0 Å². The Hall–Kier alpha value is -2.46. The number of fused-ring (bicyclic) bond motifs is 1. The number of anilines is 1. The van der Waals surface area contributed by atoms with Crippen LogP contribution < -0.4 is 4.90 Å². The quantitative estimate of drug-likeness (QED) is 0.664. The van der Waals surface area contributed by atoms with Crippen LogP contribution in [-0.2, 0) is 11.2 Å². The molecular weight excluding hydrogens is 360 g/mol. The van der Waals surface area contributed by atoms with Crippen molar-refractivity contribution in [2.24, 2.45) is 0 Å². The molecule has 5 heteroatoms. The third kappa shape index (κ3) is 3.42. The summed E-state index contributed by atoms with van der Waals surface area (Å²) < 4.78 is 5.69. The molecule has 0 bridgehead atoms. The summed E-state index contributed by atoms with van der Waals surface area (Å²) in [5, 5.41) is 1.72. The van der Waals surface area contributed by atoms with Gasteiger partial charge in [0, 0.05) is 47.8 Å². The highest BCUT2D eigenvalue weighted by molar-refractivity contribution is 6.33. The molecular formula is C22H23ClN2O2. The van der Waals surface area contributed by atoms with Gasteiger partial charge in [-0.05, 0) is 43.2 Å². The Bertz CT molecular complexity index is 973. The lowest BCUT2D eigenvalue weighted by Crippen LogP contribution is -2.49. The van der Waals surface area contributed by atoms with Gasteiger partial charge in [0.25, 0.3) is 0 Å². The van der Waals surface area contributed by atoms with E-state index in [4.69, 9.17) is 16.0 Å². The van der Waals surface area contributed by atoms with E-state index in [2.05, 4.69) is 17.0 Å². The first-order valence-corrected chi connectivity index (χ1v) is 9.66. The third-order valence-electron chi connectivity index (χ3n) is 5.39. The van der Waals surface area contributed by atoms with E-state index in [-0.39, 0.29) is 5.91 Å². The molecule has 1 fully saturated rings. The van der Waals surface area contributed by atoms with Gasteiger partial charge in [-0.2, -0.15) is 0 Å². The monoisotopic (exact) mass is 382 g/mol. The largest absolute Gasteiger partial charge is 0.464 e. The van der Waals surface area contributed by atoms with E-state index < -0.39 is 0 Å². The molecule has 0 N–H and O–H groups in total. The minimum Gasteiger partial charge on any atom is -0.464 e. The van der Waals surface area contributed by atoms with Crippen LogP contribution in [0.3, 0.4) is 0 Å². The molecule has 4 rings (SSSR count). The Morgan fingerprint density at radius 2 is 1.81 bits per heavy atom. The maximum atomic E-state index is 12.8. The highest BCUT2D eigenvalue weighted by atomic mass is 35.5. The minimum absolute atomic E-state index is 0.140. The maximum absolute atomic E-state index is 12.8. The van der Waals surface area contributed by atoms with Crippen molar-refractivity contribution >= 4 is 34.2 Å². The van der Waals surface area contributed by atoms with Gasteiger partial charge < -0.3 is 14.2 Å². The fourth-order valence-electron chi connectivity index (χ4n) is 3.87. The molecule has 0 radical (unpaired) electrons. The zero-order valence-electron chi connectivity index (χ0n) is 15.7. The second-order valence-corrected chi connectivity index (χ2v) is 7.52. The highest BCUT2D eigenvalue weighted by Gasteiger charge is 2.23. The number of furan rings is 1. The number of amides is 1. The van der Waals surface area contributed by atoms with E-state index in [0.717, 1.165) is 58.9 Å². The van der Waals surface area contributed by atoms with Crippen molar-refractivity contribution in [2.75, 3.05) is 31.1 Å². The van der Waals surface area contributed by atoms with Gasteiger partial charge in [-0.25, -0.2) is 0 Å². The predicted octanol–water partition coefficient (Wildman–Crippen LogP) is 4.59. The van der Waals surface area contributed by atoms with Gasteiger partial charge in [-0.15, -0.1) is 0 Å². The van der Waals surface area contributed by atoms with Gasteiger partial charge in [-0.3, -0.25) is 4.79 Å². The number of para-hydroxylation sites is 1. The van der Waals surface area contributed by atoms with Crippen LogP contribution >= 0.6 is 11.6 Å². The average molecular weight is 383 g/mol. The molecule has 0 atom stereocenters. The molecule has 1 saturated heterocycles. The van der Waals surface area contributed by atoms with Crippen molar-refractivity contribution in [1.82, 2.24) is 4.90 Å². The molecule has 4 nitrogen and oxygen atoms in total. The molecule has 3 aromatic rings. The second-order valence-electron chi connectivity index (χ2n) is 7.15. The van der Waals surface area contributed by atoms with Gasteiger partial charge in [0.1, 0.15) is 5.58 Å².